The molecule has 0 unspecified atom stereocenters. The van der Waals surface area contributed by atoms with E-state index in [-0.39, 0.29) is 11.7 Å². The number of carbonyl (C=O) groups excluding carboxylic acids is 2. The fraction of sp³-hybridized carbons (Fsp3) is 0.500. The zero-order valence-electron chi connectivity index (χ0n) is 12.4. The number of hydrogen-bond acceptors (Lipinski definition) is 2. The van der Waals surface area contributed by atoms with Crippen LogP contribution in [0.4, 0.5) is 10.1 Å². The first-order chi connectivity index (χ1) is 9.97. The van der Waals surface area contributed by atoms with E-state index in [9.17, 15) is 14.0 Å². The van der Waals surface area contributed by atoms with Crippen molar-refractivity contribution in [3.05, 3.63) is 29.6 Å². The SMILES string of the molecule is Cc1ccc(NC(=O)C(=O)N[C@@H]2CCCC[C@H]2C)cc1F. The Morgan fingerprint density at radius 3 is 2.57 bits per heavy atom. The summed E-state index contributed by atoms with van der Waals surface area (Å²) in [7, 11) is 0. The second kappa shape index (κ2) is 6.70. The zero-order chi connectivity index (χ0) is 15.4. The molecule has 2 rings (SSSR count). The van der Waals surface area contributed by atoms with Gasteiger partial charge in [-0.15, -0.1) is 0 Å². The van der Waals surface area contributed by atoms with Crippen LogP contribution in [0.25, 0.3) is 0 Å². The number of nitrogens with one attached hydrogen (secondary N) is 2. The van der Waals surface area contributed by atoms with Crippen molar-refractivity contribution in [2.45, 2.75) is 45.6 Å². The quantitative estimate of drug-likeness (QED) is 0.823. The Labute approximate surface area is 124 Å². The van der Waals surface area contributed by atoms with Crippen LogP contribution in [0.1, 0.15) is 38.2 Å². The van der Waals surface area contributed by atoms with Crippen molar-refractivity contribution < 1.29 is 14.0 Å². The van der Waals surface area contributed by atoms with Gasteiger partial charge in [0, 0.05) is 11.7 Å². The van der Waals surface area contributed by atoms with E-state index >= 15 is 0 Å². The van der Waals surface area contributed by atoms with E-state index in [0.29, 0.717) is 11.5 Å². The van der Waals surface area contributed by atoms with Gasteiger partial charge in [0.2, 0.25) is 0 Å². The summed E-state index contributed by atoms with van der Waals surface area (Å²) in [4.78, 5) is 23.7. The average Bonchev–Trinajstić information content (AvgIpc) is 2.45. The number of rotatable bonds is 2. The molecule has 21 heavy (non-hydrogen) atoms. The Balaban J connectivity index is 1.93. The van der Waals surface area contributed by atoms with E-state index in [0.717, 1.165) is 19.3 Å². The normalized spacial score (nSPS) is 21.7. The maximum absolute atomic E-state index is 13.4. The van der Waals surface area contributed by atoms with Crippen LogP contribution in [0.3, 0.4) is 0 Å². The summed E-state index contributed by atoms with van der Waals surface area (Å²) in [6, 6.07) is 4.40. The van der Waals surface area contributed by atoms with Gasteiger partial charge in [-0.05, 0) is 43.4 Å². The summed E-state index contributed by atoms with van der Waals surface area (Å²) in [6.45, 7) is 3.72. The predicted molar refractivity (Wildman–Crippen MR) is 79.3 cm³/mol. The Bertz CT molecular complexity index is 545. The molecule has 2 N–H and O–H groups in total. The number of aryl methyl sites for hydroxylation is 1. The lowest BCUT2D eigenvalue weighted by Gasteiger charge is -2.29. The maximum Gasteiger partial charge on any atom is 0.313 e. The summed E-state index contributed by atoms with van der Waals surface area (Å²) in [5.74, 6) is -1.44. The lowest BCUT2D eigenvalue weighted by Crippen LogP contribution is -2.45. The third kappa shape index (κ3) is 4.03. The summed E-state index contributed by atoms with van der Waals surface area (Å²) in [5, 5.41) is 5.19. The highest BCUT2D eigenvalue weighted by molar-refractivity contribution is 6.39. The number of anilines is 1. The van der Waals surface area contributed by atoms with Gasteiger partial charge in [-0.25, -0.2) is 4.39 Å². The molecule has 0 saturated heterocycles. The van der Waals surface area contributed by atoms with Gasteiger partial charge in [-0.2, -0.15) is 0 Å². The molecule has 1 aliphatic rings. The van der Waals surface area contributed by atoms with Crippen LogP contribution < -0.4 is 10.6 Å². The second-order valence-electron chi connectivity index (χ2n) is 5.76. The van der Waals surface area contributed by atoms with E-state index in [1.807, 2.05) is 0 Å². The van der Waals surface area contributed by atoms with E-state index < -0.39 is 17.6 Å². The maximum atomic E-state index is 13.4. The molecule has 1 aromatic rings. The van der Waals surface area contributed by atoms with Crippen LogP contribution in [-0.2, 0) is 9.59 Å². The Morgan fingerprint density at radius 2 is 1.90 bits per heavy atom. The smallest absolute Gasteiger partial charge is 0.313 e. The Morgan fingerprint density at radius 1 is 1.19 bits per heavy atom. The summed E-state index contributed by atoms with van der Waals surface area (Å²) in [6.07, 6.45) is 4.21. The third-order valence-corrected chi connectivity index (χ3v) is 4.06. The Hall–Kier alpha value is -1.91. The van der Waals surface area contributed by atoms with Gasteiger partial charge in [-0.1, -0.05) is 25.8 Å². The molecular weight excluding hydrogens is 271 g/mol. The first-order valence-corrected chi connectivity index (χ1v) is 7.35. The molecule has 1 fully saturated rings. The van der Waals surface area contributed by atoms with Crippen molar-refractivity contribution in [1.29, 1.82) is 0 Å². The summed E-state index contributed by atoms with van der Waals surface area (Å²) in [5.41, 5.74) is 0.781. The molecule has 0 bridgehead atoms. The predicted octanol–water partition coefficient (Wildman–Crippen LogP) is 2.77. The Kier molecular flexibility index (Phi) is 4.94. The molecule has 0 heterocycles. The third-order valence-electron chi connectivity index (χ3n) is 4.06. The molecular formula is C16H21FN2O2. The first-order valence-electron chi connectivity index (χ1n) is 7.35. The molecule has 0 aliphatic heterocycles. The van der Waals surface area contributed by atoms with Crippen molar-refractivity contribution in [3.63, 3.8) is 0 Å². The van der Waals surface area contributed by atoms with Crippen molar-refractivity contribution >= 4 is 17.5 Å². The molecule has 5 heteroatoms. The molecule has 2 amide bonds. The molecule has 0 radical (unpaired) electrons. The van der Waals surface area contributed by atoms with Gasteiger partial charge in [0.1, 0.15) is 5.82 Å². The number of amides is 2. The largest absolute Gasteiger partial charge is 0.345 e. The van der Waals surface area contributed by atoms with Gasteiger partial charge in [-0.3, -0.25) is 9.59 Å². The minimum atomic E-state index is -0.754. The lowest BCUT2D eigenvalue weighted by molar-refractivity contribution is -0.137. The van der Waals surface area contributed by atoms with Crippen LogP contribution in [0.2, 0.25) is 0 Å². The number of hydrogen-bond donors (Lipinski definition) is 2. The average molecular weight is 292 g/mol. The van der Waals surface area contributed by atoms with Gasteiger partial charge in [0.05, 0.1) is 0 Å². The second-order valence-corrected chi connectivity index (χ2v) is 5.76. The van der Waals surface area contributed by atoms with Crippen molar-refractivity contribution in [1.82, 2.24) is 5.32 Å². The molecule has 2 atom stereocenters. The number of benzene rings is 1. The lowest BCUT2D eigenvalue weighted by atomic mass is 9.86. The number of carbonyl (C=O) groups is 2. The minimum Gasteiger partial charge on any atom is -0.345 e. The van der Waals surface area contributed by atoms with Crippen LogP contribution in [0, 0.1) is 18.7 Å². The monoisotopic (exact) mass is 292 g/mol. The van der Waals surface area contributed by atoms with Crippen LogP contribution in [0.5, 0.6) is 0 Å². The summed E-state index contributed by atoms with van der Waals surface area (Å²) < 4.78 is 13.4. The number of halogens is 1. The zero-order valence-corrected chi connectivity index (χ0v) is 12.4. The summed E-state index contributed by atoms with van der Waals surface area (Å²) >= 11 is 0. The minimum absolute atomic E-state index is 0.0479. The first kappa shape index (κ1) is 15.5. The highest BCUT2D eigenvalue weighted by Gasteiger charge is 2.25. The van der Waals surface area contributed by atoms with Crippen LogP contribution in [0.15, 0.2) is 18.2 Å². The van der Waals surface area contributed by atoms with E-state index in [2.05, 4.69) is 17.6 Å². The van der Waals surface area contributed by atoms with Gasteiger partial charge in [0.15, 0.2) is 0 Å². The molecule has 114 valence electrons. The molecule has 1 aliphatic carbocycles. The van der Waals surface area contributed by atoms with E-state index in [1.54, 1.807) is 19.1 Å². The fourth-order valence-electron chi connectivity index (χ4n) is 2.62. The molecule has 0 aromatic heterocycles. The van der Waals surface area contributed by atoms with Crippen molar-refractivity contribution in [2.75, 3.05) is 5.32 Å². The van der Waals surface area contributed by atoms with Gasteiger partial charge in [0.25, 0.3) is 0 Å². The van der Waals surface area contributed by atoms with Crippen LogP contribution in [-0.4, -0.2) is 17.9 Å². The molecule has 4 nitrogen and oxygen atoms in total. The van der Waals surface area contributed by atoms with Gasteiger partial charge < -0.3 is 10.6 Å². The highest BCUT2D eigenvalue weighted by atomic mass is 19.1. The molecule has 1 saturated carbocycles. The van der Waals surface area contributed by atoms with Crippen molar-refractivity contribution in [2.24, 2.45) is 5.92 Å². The van der Waals surface area contributed by atoms with Gasteiger partial charge >= 0.3 is 11.8 Å². The van der Waals surface area contributed by atoms with E-state index in [1.165, 1.54) is 12.5 Å². The van der Waals surface area contributed by atoms with E-state index in [4.69, 9.17) is 0 Å². The topological polar surface area (TPSA) is 58.2 Å². The standard InChI is InChI=1S/C16H21FN2O2/c1-10-7-8-12(9-13(10)17)18-15(20)16(21)19-14-6-4-3-5-11(14)2/h7-9,11,14H,3-6H2,1-2H3,(H,18,20)(H,19,21)/t11-,14-/m1/s1. The van der Waals surface area contributed by atoms with Crippen molar-refractivity contribution in [3.8, 4) is 0 Å². The molecule has 0 spiro atoms. The highest BCUT2D eigenvalue weighted by Crippen LogP contribution is 2.23. The fourth-order valence-corrected chi connectivity index (χ4v) is 2.62. The molecule has 1 aromatic carbocycles. The van der Waals surface area contributed by atoms with Crippen LogP contribution >= 0.6 is 0 Å².